The lowest BCUT2D eigenvalue weighted by molar-refractivity contribution is 0.0523. The van der Waals surface area contributed by atoms with Crippen LogP contribution in [0.25, 0.3) is 0 Å². The van der Waals surface area contributed by atoms with Crippen molar-refractivity contribution in [3.8, 4) is 5.75 Å². The fourth-order valence-electron chi connectivity index (χ4n) is 1.23. The third-order valence-corrected chi connectivity index (χ3v) is 2.18. The number of amides is 1. The van der Waals surface area contributed by atoms with E-state index in [4.69, 9.17) is 10.5 Å². The number of carbonyl (C=O) groups excluding carboxylic acids is 1. The van der Waals surface area contributed by atoms with Crippen LogP contribution in [0.15, 0.2) is 18.2 Å². The summed E-state index contributed by atoms with van der Waals surface area (Å²) in [6.07, 6.45) is -0.573. The van der Waals surface area contributed by atoms with Gasteiger partial charge in [0.05, 0.1) is 13.2 Å². The Hall–Kier alpha value is -1.96. The van der Waals surface area contributed by atoms with Crippen molar-refractivity contribution in [3.05, 3.63) is 29.8 Å². The number of methoxy groups -OCH3 is 1. The molecule has 8 heteroatoms. The maximum absolute atomic E-state index is 12.3. The van der Waals surface area contributed by atoms with Gasteiger partial charge in [0.2, 0.25) is 0 Å². The molecule has 0 fully saturated rings. The number of nitrogens with two attached hydrogens (primary N) is 1. The van der Waals surface area contributed by atoms with Crippen molar-refractivity contribution in [2.75, 3.05) is 20.3 Å². The van der Waals surface area contributed by atoms with Crippen LogP contribution in [0, 0.1) is 11.6 Å². The van der Waals surface area contributed by atoms with Gasteiger partial charge in [-0.1, -0.05) is 0 Å². The Morgan fingerprint density at radius 2 is 1.78 bits per heavy atom. The lowest BCUT2D eigenvalue weighted by Crippen LogP contribution is -2.41. The Labute approximate surface area is 133 Å². The van der Waals surface area contributed by atoms with Gasteiger partial charge in [0.25, 0.3) is 0 Å². The Balaban J connectivity index is 0.000000433. The number of ether oxygens (including phenoxy) is 2. The van der Waals surface area contributed by atoms with Gasteiger partial charge < -0.3 is 20.5 Å². The van der Waals surface area contributed by atoms with E-state index in [1.165, 1.54) is 7.11 Å². The van der Waals surface area contributed by atoms with Gasteiger partial charge in [-0.05, 0) is 20.8 Å². The van der Waals surface area contributed by atoms with Gasteiger partial charge in [-0.15, -0.1) is 0 Å². The summed E-state index contributed by atoms with van der Waals surface area (Å²) >= 11 is 0. The minimum Gasteiger partial charge on any atom is -0.497 e. The third-order valence-electron chi connectivity index (χ3n) is 2.18. The van der Waals surface area contributed by atoms with Crippen LogP contribution in [0.1, 0.15) is 20.8 Å². The fourth-order valence-corrected chi connectivity index (χ4v) is 1.23. The molecule has 5 nitrogen and oxygen atoms in total. The normalized spacial score (nSPS) is 11.8. The van der Waals surface area contributed by atoms with Crippen LogP contribution < -0.4 is 15.8 Å². The zero-order valence-electron chi connectivity index (χ0n) is 13.7. The van der Waals surface area contributed by atoms with Crippen LogP contribution >= 0.6 is 0 Å². The first-order chi connectivity index (χ1) is 10.6. The molecule has 0 bridgehead atoms. The largest absolute Gasteiger partial charge is 0.497 e. The van der Waals surface area contributed by atoms with Gasteiger partial charge in [-0.25, -0.2) is 18.0 Å². The van der Waals surface area contributed by atoms with Crippen LogP contribution in [0.3, 0.4) is 0 Å². The first-order valence-electron chi connectivity index (χ1n) is 6.86. The number of benzene rings is 1. The third kappa shape index (κ3) is 11.3. The molecule has 1 aromatic rings. The van der Waals surface area contributed by atoms with Crippen molar-refractivity contribution in [2.24, 2.45) is 5.73 Å². The van der Waals surface area contributed by atoms with E-state index >= 15 is 0 Å². The quantitative estimate of drug-likeness (QED) is 0.887. The lowest BCUT2D eigenvalue weighted by Gasteiger charge is -2.20. The lowest BCUT2D eigenvalue weighted by atomic mass is 10.2. The Bertz CT molecular complexity index is 473. The molecule has 1 unspecified atom stereocenters. The molecule has 0 saturated heterocycles. The summed E-state index contributed by atoms with van der Waals surface area (Å²) in [5, 5.41) is 2.36. The molecule has 3 N–H and O–H groups in total. The molecule has 0 aliphatic rings. The number of alkyl carbamates (subject to hydrolysis) is 1. The van der Waals surface area contributed by atoms with Gasteiger partial charge in [0.1, 0.15) is 29.7 Å². The second-order valence-corrected chi connectivity index (χ2v) is 5.61. The summed E-state index contributed by atoms with van der Waals surface area (Å²) in [5.74, 6) is -1.06. The molecule has 0 aliphatic heterocycles. The van der Waals surface area contributed by atoms with E-state index in [0.29, 0.717) is 0 Å². The van der Waals surface area contributed by atoms with Crippen molar-refractivity contribution in [2.45, 2.75) is 32.4 Å². The molecule has 132 valence electrons. The van der Waals surface area contributed by atoms with Crippen molar-refractivity contribution in [3.63, 3.8) is 0 Å². The summed E-state index contributed by atoms with van der Waals surface area (Å²) in [4.78, 5) is 11.0. The van der Waals surface area contributed by atoms with Crippen molar-refractivity contribution >= 4 is 6.09 Å². The topological polar surface area (TPSA) is 73.6 Å². The van der Waals surface area contributed by atoms with Gasteiger partial charge >= 0.3 is 6.09 Å². The average molecular weight is 336 g/mol. The SMILES string of the molecule is CC(C)(C)OC(=O)NCC(N)CF.COc1cc(F)cc(F)c1. The number of rotatable bonds is 4. The van der Waals surface area contributed by atoms with Crippen molar-refractivity contribution < 1.29 is 27.4 Å². The summed E-state index contributed by atoms with van der Waals surface area (Å²) in [7, 11) is 1.36. The van der Waals surface area contributed by atoms with Crippen LogP contribution in [-0.2, 0) is 4.74 Å². The molecular weight excluding hydrogens is 313 g/mol. The van der Waals surface area contributed by atoms with Crippen LogP contribution in [0.2, 0.25) is 0 Å². The fraction of sp³-hybridized carbons (Fsp3) is 0.533. The zero-order chi connectivity index (χ0) is 18.0. The van der Waals surface area contributed by atoms with E-state index in [-0.39, 0.29) is 12.3 Å². The monoisotopic (exact) mass is 336 g/mol. The number of hydrogen-bond acceptors (Lipinski definition) is 4. The Morgan fingerprint density at radius 3 is 2.17 bits per heavy atom. The van der Waals surface area contributed by atoms with Crippen molar-refractivity contribution in [1.29, 1.82) is 0 Å². The molecule has 1 aromatic carbocycles. The highest BCUT2D eigenvalue weighted by atomic mass is 19.1. The maximum Gasteiger partial charge on any atom is 0.407 e. The number of carbonyl (C=O) groups is 1. The molecule has 0 aromatic heterocycles. The maximum atomic E-state index is 12.3. The summed E-state index contributed by atoms with van der Waals surface area (Å²) in [6.45, 7) is 4.69. The van der Waals surface area contributed by atoms with Gasteiger partial charge in [-0.3, -0.25) is 0 Å². The highest BCUT2D eigenvalue weighted by Crippen LogP contribution is 2.13. The molecular formula is C15H23F3N2O3. The number of halogens is 3. The van der Waals surface area contributed by atoms with E-state index in [0.717, 1.165) is 18.2 Å². The molecule has 1 rings (SSSR count). The van der Waals surface area contributed by atoms with E-state index in [9.17, 15) is 18.0 Å². The summed E-state index contributed by atoms with van der Waals surface area (Å²) in [5.41, 5.74) is 4.70. The summed E-state index contributed by atoms with van der Waals surface area (Å²) < 4.78 is 45.9. The van der Waals surface area contributed by atoms with Gasteiger partial charge in [-0.2, -0.15) is 0 Å². The highest BCUT2D eigenvalue weighted by Gasteiger charge is 2.16. The molecule has 0 heterocycles. The average Bonchev–Trinajstić information content (AvgIpc) is 2.42. The predicted molar refractivity (Wildman–Crippen MR) is 81.1 cm³/mol. The van der Waals surface area contributed by atoms with E-state index in [1.807, 2.05) is 0 Å². The summed E-state index contributed by atoms with van der Waals surface area (Å²) in [6, 6.07) is 2.36. The molecule has 0 saturated carbocycles. The smallest absolute Gasteiger partial charge is 0.407 e. The van der Waals surface area contributed by atoms with E-state index < -0.39 is 36.0 Å². The first kappa shape index (κ1) is 21.0. The molecule has 1 amide bonds. The molecule has 23 heavy (non-hydrogen) atoms. The predicted octanol–water partition coefficient (Wildman–Crippen LogP) is 2.78. The molecule has 1 atom stereocenters. The Kier molecular flexibility index (Phi) is 9.09. The van der Waals surface area contributed by atoms with E-state index in [1.54, 1.807) is 20.8 Å². The van der Waals surface area contributed by atoms with Crippen LogP contribution in [0.4, 0.5) is 18.0 Å². The minimum atomic E-state index is -0.660. The number of nitrogens with one attached hydrogen (secondary N) is 1. The number of hydrogen-bond donors (Lipinski definition) is 2. The molecule has 0 spiro atoms. The van der Waals surface area contributed by atoms with Gasteiger partial charge in [0.15, 0.2) is 0 Å². The highest BCUT2D eigenvalue weighted by molar-refractivity contribution is 5.67. The standard InChI is InChI=1S/C8H17FN2O2.C7H6F2O/c1-8(2,3)13-7(12)11-5-6(10)4-9;1-10-7-3-5(8)2-6(9)4-7/h6H,4-5,10H2,1-3H3,(H,11,12);2-4H,1H3. The molecule has 0 radical (unpaired) electrons. The Morgan fingerprint density at radius 1 is 1.26 bits per heavy atom. The first-order valence-corrected chi connectivity index (χ1v) is 6.86. The van der Waals surface area contributed by atoms with E-state index in [2.05, 4.69) is 10.1 Å². The second kappa shape index (κ2) is 9.94. The van der Waals surface area contributed by atoms with Crippen LogP contribution in [-0.4, -0.2) is 38.1 Å². The van der Waals surface area contributed by atoms with Crippen LogP contribution in [0.5, 0.6) is 5.75 Å². The minimum absolute atomic E-state index is 0.0887. The zero-order valence-corrected chi connectivity index (χ0v) is 13.7. The van der Waals surface area contributed by atoms with Crippen molar-refractivity contribution in [1.82, 2.24) is 5.32 Å². The van der Waals surface area contributed by atoms with Gasteiger partial charge in [0, 0.05) is 24.7 Å². The number of alkyl halides is 1. The molecule has 0 aliphatic carbocycles. The second-order valence-electron chi connectivity index (χ2n) is 5.61.